The highest BCUT2D eigenvalue weighted by atomic mass is 19.3. The van der Waals surface area contributed by atoms with Crippen molar-refractivity contribution < 1.29 is 22.4 Å². The standard InChI is InChI=1S/C25H20F4N8O/c26-18-9-20(19(27)8-17(18)24(38)32-11-21(28)29)36-7-1-3-25(13-36,4-5-30)37-12-15(10-35-37)22-16-2-6-31-23(16)34-14-33-22/h1-2,6-10,12,14,21H,3-4,11,13H2,(H,32,38)(H,31,33,34). The number of fused-ring (bicyclic) bond motifs is 1. The molecule has 38 heavy (non-hydrogen) atoms. The molecule has 0 fully saturated rings. The fourth-order valence-corrected chi connectivity index (χ4v) is 4.52. The number of benzene rings is 1. The van der Waals surface area contributed by atoms with Gasteiger partial charge in [0.15, 0.2) is 0 Å². The molecule has 4 aromatic rings. The number of H-pyrrole nitrogens is 1. The van der Waals surface area contributed by atoms with Crippen molar-refractivity contribution in [1.82, 2.24) is 30.0 Å². The molecule has 0 radical (unpaired) electrons. The number of nitrogens with one attached hydrogen (secondary N) is 2. The summed E-state index contributed by atoms with van der Waals surface area (Å²) in [5.74, 6) is -3.15. The number of anilines is 1. The number of carbonyl (C=O) groups excluding carboxylic acids is 1. The summed E-state index contributed by atoms with van der Waals surface area (Å²) >= 11 is 0. The van der Waals surface area contributed by atoms with Gasteiger partial charge in [0.05, 0.1) is 47.7 Å². The first-order chi connectivity index (χ1) is 18.3. The first-order valence-corrected chi connectivity index (χ1v) is 11.5. The van der Waals surface area contributed by atoms with Crippen molar-refractivity contribution in [2.45, 2.75) is 24.8 Å². The molecule has 0 saturated heterocycles. The topological polar surface area (TPSA) is 116 Å². The molecule has 0 aliphatic carbocycles. The quantitative estimate of drug-likeness (QED) is 0.352. The molecule has 5 rings (SSSR count). The Bertz CT molecular complexity index is 1570. The Kier molecular flexibility index (Phi) is 6.54. The van der Waals surface area contributed by atoms with E-state index in [4.69, 9.17) is 0 Å². The maximum absolute atomic E-state index is 15.1. The van der Waals surface area contributed by atoms with E-state index in [9.17, 15) is 23.2 Å². The van der Waals surface area contributed by atoms with Gasteiger partial charge < -0.3 is 15.2 Å². The minimum atomic E-state index is -2.83. The zero-order valence-corrected chi connectivity index (χ0v) is 19.7. The van der Waals surface area contributed by atoms with Crippen LogP contribution < -0.4 is 10.2 Å². The van der Waals surface area contributed by atoms with Crippen LogP contribution in [0, 0.1) is 23.0 Å². The van der Waals surface area contributed by atoms with E-state index < -0.39 is 41.6 Å². The van der Waals surface area contributed by atoms with E-state index >= 15 is 4.39 Å². The van der Waals surface area contributed by atoms with Crippen LogP contribution >= 0.6 is 0 Å². The van der Waals surface area contributed by atoms with Gasteiger partial charge in [-0.3, -0.25) is 9.48 Å². The van der Waals surface area contributed by atoms with Crippen LogP contribution in [0.4, 0.5) is 23.2 Å². The van der Waals surface area contributed by atoms with Crippen molar-refractivity contribution in [3.05, 3.63) is 72.6 Å². The molecule has 13 heteroatoms. The molecule has 9 nitrogen and oxygen atoms in total. The van der Waals surface area contributed by atoms with E-state index in [1.54, 1.807) is 35.5 Å². The second-order valence-corrected chi connectivity index (χ2v) is 8.80. The van der Waals surface area contributed by atoms with E-state index in [0.717, 1.165) is 11.5 Å². The van der Waals surface area contributed by atoms with Gasteiger partial charge in [-0.2, -0.15) is 10.4 Å². The molecule has 1 aliphatic rings. The molecule has 1 amide bonds. The Balaban J connectivity index is 1.46. The normalized spacial score (nSPS) is 17.2. The molecule has 194 valence electrons. The highest BCUT2D eigenvalue weighted by Gasteiger charge is 2.37. The average Bonchev–Trinajstić information content (AvgIpc) is 3.59. The van der Waals surface area contributed by atoms with Gasteiger partial charge in [0.2, 0.25) is 0 Å². The molecule has 4 heterocycles. The number of allylic oxidation sites excluding steroid dienone is 1. The highest BCUT2D eigenvalue weighted by molar-refractivity contribution is 5.95. The van der Waals surface area contributed by atoms with E-state index in [0.29, 0.717) is 29.4 Å². The molecule has 0 spiro atoms. The van der Waals surface area contributed by atoms with Gasteiger partial charge in [-0.05, 0) is 18.6 Å². The zero-order valence-electron chi connectivity index (χ0n) is 19.7. The van der Waals surface area contributed by atoms with Crippen LogP contribution in [0.25, 0.3) is 22.3 Å². The Hall–Kier alpha value is -4.73. The number of nitrogens with zero attached hydrogens (tertiary/aromatic N) is 6. The Morgan fingerprint density at radius 2 is 2.11 bits per heavy atom. The van der Waals surface area contributed by atoms with Gasteiger partial charge in [-0.25, -0.2) is 27.5 Å². The third-order valence-electron chi connectivity index (χ3n) is 6.36. The average molecular weight is 524 g/mol. The SMILES string of the molecule is N#CCC1(n2cc(-c3ncnc4[nH]ccc34)cn2)CC=CN(c2cc(F)c(C(=O)NCC(F)F)cc2F)C1. The van der Waals surface area contributed by atoms with Crippen LogP contribution in [0.1, 0.15) is 23.2 Å². The molecule has 0 bridgehead atoms. The van der Waals surface area contributed by atoms with Crippen molar-refractivity contribution in [2.75, 3.05) is 18.0 Å². The first-order valence-electron chi connectivity index (χ1n) is 11.5. The van der Waals surface area contributed by atoms with Crippen LogP contribution in [0.15, 0.2) is 55.4 Å². The van der Waals surface area contributed by atoms with Crippen LogP contribution in [-0.2, 0) is 5.54 Å². The number of alkyl halides is 2. The second-order valence-electron chi connectivity index (χ2n) is 8.80. The van der Waals surface area contributed by atoms with Crippen LogP contribution in [0.2, 0.25) is 0 Å². The third-order valence-corrected chi connectivity index (χ3v) is 6.36. The van der Waals surface area contributed by atoms with Gasteiger partial charge in [0.1, 0.15) is 23.6 Å². The number of hydrogen-bond acceptors (Lipinski definition) is 6. The molecule has 3 aromatic heterocycles. The van der Waals surface area contributed by atoms with E-state index in [-0.39, 0.29) is 18.7 Å². The number of aromatic nitrogens is 5. The minimum absolute atomic E-state index is 0.0104. The van der Waals surface area contributed by atoms with Gasteiger partial charge >= 0.3 is 0 Å². The number of carbonyl (C=O) groups is 1. The highest BCUT2D eigenvalue weighted by Crippen LogP contribution is 2.36. The van der Waals surface area contributed by atoms with Crippen LogP contribution in [0.3, 0.4) is 0 Å². The van der Waals surface area contributed by atoms with Gasteiger partial charge in [0.25, 0.3) is 12.3 Å². The van der Waals surface area contributed by atoms with E-state index in [1.165, 1.54) is 11.2 Å². The summed E-state index contributed by atoms with van der Waals surface area (Å²) in [5.41, 5.74) is 0.197. The lowest BCUT2D eigenvalue weighted by molar-refractivity contribution is 0.0887. The maximum Gasteiger partial charge on any atom is 0.255 e. The molecule has 1 atom stereocenters. The molecular formula is C25H20F4N8O. The first kappa shape index (κ1) is 24.9. The zero-order chi connectivity index (χ0) is 26.9. The largest absolute Gasteiger partial charge is 0.346 e. The number of aromatic amines is 1. The van der Waals surface area contributed by atoms with E-state index in [1.807, 2.05) is 11.4 Å². The number of nitriles is 1. The summed E-state index contributed by atoms with van der Waals surface area (Å²) in [7, 11) is 0. The number of amides is 1. The van der Waals surface area contributed by atoms with Gasteiger partial charge in [-0.15, -0.1) is 0 Å². The minimum Gasteiger partial charge on any atom is -0.346 e. The number of halogens is 4. The van der Waals surface area contributed by atoms with E-state index in [2.05, 4.69) is 26.1 Å². The summed E-state index contributed by atoms with van der Waals surface area (Å²) in [6.45, 7) is -0.918. The molecule has 1 aliphatic heterocycles. The summed E-state index contributed by atoms with van der Waals surface area (Å²) in [5, 5.41) is 16.8. The molecule has 1 aromatic carbocycles. The fraction of sp³-hybridized carbons (Fsp3) is 0.240. The second kappa shape index (κ2) is 9.97. The van der Waals surface area contributed by atoms with Crippen molar-refractivity contribution in [2.24, 2.45) is 0 Å². The number of hydrogen-bond donors (Lipinski definition) is 2. The van der Waals surface area contributed by atoms with Crippen molar-refractivity contribution >= 4 is 22.6 Å². The fourth-order valence-electron chi connectivity index (χ4n) is 4.52. The predicted octanol–water partition coefficient (Wildman–Crippen LogP) is 4.13. The lowest BCUT2D eigenvalue weighted by Gasteiger charge is -2.39. The van der Waals surface area contributed by atoms with Crippen molar-refractivity contribution in [1.29, 1.82) is 5.26 Å². The molecule has 0 saturated carbocycles. The summed E-state index contributed by atoms with van der Waals surface area (Å²) in [4.78, 5) is 25.0. The maximum atomic E-state index is 15.1. The van der Waals surface area contributed by atoms with Crippen molar-refractivity contribution in [3.8, 4) is 17.3 Å². The Morgan fingerprint density at radius 1 is 1.26 bits per heavy atom. The lowest BCUT2D eigenvalue weighted by Crippen LogP contribution is -2.46. The monoisotopic (exact) mass is 524 g/mol. The van der Waals surface area contributed by atoms with Gasteiger partial charge in [-0.1, -0.05) is 6.08 Å². The predicted molar refractivity (Wildman–Crippen MR) is 129 cm³/mol. The lowest BCUT2D eigenvalue weighted by atomic mass is 9.88. The Morgan fingerprint density at radius 3 is 2.89 bits per heavy atom. The Labute approximate surface area is 213 Å². The third kappa shape index (κ3) is 4.56. The molecular weight excluding hydrogens is 504 g/mol. The summed E-state index contributed by atoms with van der Waals surface area (Å²) in [6, 6.07) is 5.50. The van der Waals surface area contributed by atoms with Crippen molar-refractivity contribution in [3.63, 3.8) is 0 Å². The van der Waals surface area contributed by atoms with Crippen LogP contribution in [0.5, 0.6) is 0 Å². The smallest absolute Gasteiger partial charge is 0.255 e. The molecule has 2 N–H and O–H groups in total. The van der Waals surface area contributed by atoms with Gasteiger partial charge in [0, 0.05) is 42.2 Å². The van der Waals surface area contributed by atoms with Crippen LogP contribution in [-0.4, -0.2) is 50.2 Å². The summed E-state index contributed by atoms with van der Waals surface area (Å²) < 4.78 is 56.3. The molecule has 1 unspecified atom stereocenters. The number of rotatable bonds is 7. The summed E-state index contributed by atoms with van der Waals surface area (Å²) in [6.07, 6.45) is 7.38.